The molecule has 8 nitrogen and oxygen atoms in total. The van der Waals surface area contributed by atoms with Gasteiger partial charge in [0.2, 0.25) is 0 Å². The van der Waals surface area contributed by atoms with E-state index in [0.717, 1.165) is 51.4 Å². The monoisotopic (exact) mass is 370 g/mol. The molecule has 2 aliphatic rings. The van der Waals surface area contributed by atoms with Crippen molar-refractivity contribution in [2.24, 2.45) is 11.8 Å². The van der Waals surface area contributed by atoms with Gasteiger partial charge in [0, 0.05) is 0 Å². The Morgan fingerprint density at radius 2 is 1.38 bits per heavy atom. The summed E-state index contributed by atoms with van der Waals surface area (Å²) in [5, 5.41) is 0. The van der Waals surface area contributed by atoms with Crippen molar-refractivity contribution in [3.63, 3.8) is 0 Å². The lowest BCUT2D eigenvalue weighted by molar-refractivity contribution is -0.179. The number of hydrogen-bond donors (Lipinski definition) is 0. The second-order valence-corrected chi connectivity index (χ2v) is 6.77. The average Bonchev–Trinajstić information content (AvgIpc) is 3.35. The predicted molar refractivity (Wildman–Crippen MR) is 87.7 cm³/mol. The second-order valence-electron chi connectivity index (χ2n) is 6.77. The van der Waals surface area contributed by atoms with E-state index >= 15 is 0 Å². The summed E-state index contributed by atoms with van der Waals surface area (Å²) in [6.45, 7) is -0.129. The molecule has 2 rings (SSSR count). The standard InChI is InChI=1S/C18H26O8/c19-11-23-9-15(25-12-20)16(26-18(22)14-7-3-4-8-14)10-24-17(21)13-5-1-2-6-13/h11-16H,1-10H2. The molecule has 0 spiro atoms. The summed E-state index contributed by atoms with van der Waals surface area (Å²) in [7, 11) is 0. The first-order valence-electron chi connectivity index (χ1n) is 9.17. The van der Waals surface area contributed by atoms with Crippen molar-refractivity contribution in [2.45, 2.75) is 63.6 Å². The molecule has 8 heteroatoms. The molecule has 0 bridgehead atoms. The van der Waals surface area contributed by atoms with Crippen LogP contribution in [-0.2, 0) is 38.1 Å². The highest BCUT2D eigenvalue weighted by Crippen LogP contribution is 2.28. The zero-order chi connectivity index (χ0) is 18.8. The number of rotatable bonds is 11. The summed E-state index contributed by atoms with van der Waals surface area (Å²) >= 11 is 0. The van der Waals surface area contributed by atoms with Crippen LogP contribution in [0.25, 0.3) is 0 Å². The van der Waals surface area contributed by atoms with Crippen LogP contribution in [-0.4, -0.2) is 50.3 Å². The Morgan fingerprint density at radius 1 is 0.808 bits per heavy atom. The zero-order valence-electron chi connectivity index (χ0n) is 14.8. The van der Waals surface area contributed by atoms with E-state index in [9.17, 15) is 19.2 Å². The summed E-state index contributed by atoms with van der Waals surface area (Å²) in [5.41, 5.74) is 0. The Kier molecular flexibility index (Phi) is 8.37. The smallest absolute Gasteiger partial charge is 0.309 e. The first kappa shape index (κ1) is 20.2. The summed E-state index contributed by atoms with van der Waals surface area (Å²) in [4.78, 5) is 45.7. The minimum absolute atomic E-state index is 0.141. The van der Waals surface area contributed by atoms with Crippen LogP contribution < -0.4 is 0 Å². The van der Waals surface area contributed by atoms with Crippen molar-refractivity contribution in [3.05, 3.63) is 0 Å². The van der Waals surface area contributed by atoms with Crippen LogP contribution in [0.4, 0.5) is 0 Å². The van der Waals surface area contributed by atoms with Crippen LogP contribution in [0.2, 0.25) is 0 Å². The largest absolute Gasteiger partial charge is 0.464 e. The van der Waals surface area contributed by atoms with Gasteiger partial charge in [-0.15, -0.1) is 0 Å². The van der Waals surface area contributed by atoms with Gasteiger partial charge in [-0.25, -0.2) is 0 Å². The fourth-order valence-corrected chi connectivity index (χ4v) is 3.51. The van der Waals surface area contributed by atoms with E-state index in [1.165, 1.54) is 0 Å². The van der Waals surface area contributed by atoms with Gasteiger partial charge in [0.1, 0.15) is 13.2 Å². The van der Waals surface area contributed by atoms with Crippen molar-refractivity contribution in [3.8, 4) is 0 Å². The van der Waals surface area contributed by atoms with Gasteiger partial charge in [0.15, 0.2) is 12.2 Å². The molecule has 0 radical (unpaired) electrons. The third-order valence-electron chi connectivity index (χ3n) is 5.01. The topological polar surface area (TPSA) is 105 Å². The molecule has 0 N–H and O–H groups in total. The number of ether oxygens (including phenoxy) is 4. The molecule has 2 fully saturated rings. The van der Waals surface area contributed by atoms with Gasteiger partial charge >= 0.3 is 11.9 Å². The van der Waals surface area contributed by atoms with Crippen LogP contribution >= 0.6 is 0 Å². The van der Waals surface area contributed by atoms with Gasteiger partial charge < -0.3 is 18.9 Å². The quantitative estimate of drug-likeness (QED) is 0.306. The van der Waals surface area contributed by atoms with E-state index in [2.05, 4.69) is 4.74 Å². The number of carbonyl (C=O) groups excluding carboxylic acids is 4. The van der Waals surface area contributed by atoms with Crippen LogP contribution in [0.1, 0.15) is 51.4 Å². The average molecular weight is 370 g/mol. The van der Waals surface area contributed by atoms with E-state index in [1.54, 1.807) is 0 Å². The molecule has 2 unspecified atom stereocenters. The van der Waals surface area contributed by atoms with Crippen molar-refractivity contribution < 1.29 is 38.1 Å². The first-order chi connectivity index (χ1) is 12.7. The Labute approximate surface area is 152 Å². The third kappa shape index (κ3) is 6.00. The van der Waals surface area contributed by atoms with Crippen molar-refractivity contribution in [1.29, 1.82) is 0 Å². The molecule has 0 amide bonds. The highest BCUT2D eigenvalue weighted by molar-refractivity contribution is 5.73. The van der Waals surface area contributed by atoms with Gasteiger partial charge in [0.25, 0.3) is 12.9 Å². The second kappa shape index (κ2) is 10.8. The van der Waals surface area contributed by atoms with Crippen LogP contribution in [0.5, 0.6) is 0 Å². The van der Waals surface area contributed by atoms with Crippen molar-refractivity contribution in [2.75, 3.05) is 13.2 Å². The Bertz CT molecular complexity index is 480. The van der Waals surface area contributed by atoms with E-state index in [-0.39, 0.29) is 44.0 Å². The molecule has 2 aliphatic carbocycles. The van der Waals surface area contributed by atoms with E-state index < -0.39 is 18.2 Å². The summed E-state index contributed by atoms with van der Waals surface area (Å²) in [6, 6.07) is 0. The predicted octanol–water partition coefficient (Wildman–Crippen LogP) is 1.54. The molecule has 0 aromatic carbocycles. The molecule has 26 heavy (non-hydrogen) atoms. The molecule has 146 valence electrons. The lowest BCUT2D eigenvalue weighted by Gasteiger charge is -2.26. The van der Waals surface area contributed by atoms with Crippen LogP contribution in [0, 0.1) is 11.8 Å². The number of hydrogen-bond acceptors (Lipinski definition) is 8. The van der Waals surface area contributed by atoms with Crippen molar-refractivity contribution >= 4 is 24.9 Å². The van der Waals surface area contributed by atoms with E-state index in [0.29, 0.717) is 0 Å². The van der Waals surface area contributed by atoms with Gasteiger partial charge in [-0.3, -0.25) is 19.2 Å². The Hall–Kier alpha value is -2.12. The third-order valence-corrected chi connectivity index (χ3v) is 5.01. The maximum absolute atomic E-state index is 12.3. The van der Waals surface area contributed by atoms with Gasteiger partial charge in [-0.1, -0.05) is 25.7 Å². The minimum atomic E-state index is -1.03. The molecule has 0 saturated heterocycles. The first-order valence-corrected chi connectivity index (χ1v) is 9.17. The van der Waals surface area contributed by atoms with Gasteiger partial charge in [-0.2, -0.15) is 0 Å². The van der Waals surface area contributed by atoms with E-state index in [1.807, 2.05) is 0 Å². The maximum Gasteiger partial charge on any atom is 0.309 e. The number of carbonyl (C=O) groups is 4. The summed E-state index contributed by atoms with van der Waals surface area (Å²) < 4.78 is 20.3. The Balaban J connectivity index is 1.97. The molecular weight excluding hydrogens is 344 g/mol. The van der Waals surface area contributed by atoms with E-state index in [4.69, 9.17) is 14.2 Å². The Morgan fingerprint density at radius 3 is 1.92 bits per heavy atom. The highest BCUT2D eigenvalue weighted by Gasteiger charge is 2.34. The maximum atomic E-state index is 12.3. The summed E-state index contributed by atoms with van der Waals surface area (Å²) in [5.74, 6) is -1.09. The summed E-state index contributed by atoms with van der Waals surface area (Å²) in [6.07, 6.45) is 4.93. The highest BCUT2D eigenvalue weighted by atomic mass is 16.6. The van der Waals surface area contributed by atoms with Crippen LogP contribution in [0.15, 0.2) is 0 Å². The molecular formula is C18H26O8. The molecule has 0 aromatic rings. The fourth-order valence-electron chi connectivity index (χ4n) is 3.51. The lowest BCUT2D eigenvalue weighted by atomic mass is 10.1. The molecule has 0 heterocycles. The molecule has 0 aromatic heterocycles. The van der Waals surface area contributed by atoms with Crippen molar-refractivity contribution in [1.82, 2.24) is 0 Å². The molecule has 2 saturated carbocycles. The molecule has 2 atom stereocenters. The lowest BCUT2D eigenvalue weighted by Crippen LogP contribution is -2.42. The minimum Gasteiger partial charge on any atom is -0.464 e. The SMILES string of the molecule is O=COCC(OC=O)C(COC(=O)C1CCCC1)OC(=O)C1CCCC1. The van der Waals surface area contributed by atoms with Crippen LogP contribution in [0.3, 0.4) is 0 Å². The fraction of sp³-hybridized carbons (Fsp3) is 0.778. The van der Waals surface area contributed by atoms with Gasteiger partial charge in [-0.05, 0) is 25.7 Å². The number of esters is 2. The zero-order valence-corrected chi connectivity index (χ0v) is 14.8. The van der Waals surface area contributed by atoms with Gasteiger partial charge in [0.05, 0.1) is 11.8 Å². The molecule has 0 aliphatic heterocycles. The normalized spacial score (nSPS) is 20.2.